The van der Waals surface area contributed by atoms with Gasteiger partial charge in [0.25, 0.3) is 0 Å². The summed E-state index contributed by atoms with van der Waals surface area (Å²) in [5, 5.41) is 9.41. The third kappa shape index (κ3) is 2.79. The monoisotopic (exact) mass is 240 g/mol. The molecule has 0 fully saturated rings. The molecule has 0 amide bonds. The molecule has 0 unspecified atom stereocenters. The zero-order chi connectivity index (χ0) is 12.8. The van der Waals surface area contributed by atoms with Crippen molar-refractivity contribution < 1.29 is 9.84 Å². The topological polar surface area (TPSA) is 29.5 Å². The molecule has 92 valence electrons. The Labute approximate surface area is 107 Å². The Hall–Kier alpha value is -2.06. The standard InChI is InChI=1S/C16H16O2/c1-18-16-9-5-8-14(15(16)12-17)11-10-13-6-3-2-4-7-13/h2-11,17H,12H2,1H3/b11-10+. The lowest BCUT2D eigenvalue weighted by Gasteiger charge is -2.08. The zero-order valence-corrected chi connectivity index (χ0v) is 10.3. The largest absolute Gasteiger partial charge is 0.496 e. The predicted octanol–water partition coefficient (Wildman–Crippen LogP) is 3.36. The van der Waals surface area contributed by atoms with Crippen LogP contribution in [0, 0.1) is 0 Å². The van der Waals surface area contributed by atoms with Gasteiger partial charge < -0.3 is 9.84 Å². The Balaban J connectivity index is 2.32. The molecule has 2 aromatic rings. The summed E-state index contributed by atoms with van der Waals surface area (Å²) in [6.07, 6.45) is 4.01. The number of hydrogen-bond acceptors (Lipinski definition) is 2. The van der Waals surface area contributed by atoms with Gasteiger partial charge in [-0.1, -0.05) is 54.6 Å². The van der Waals surface area contributed by atoms with Gasteiger partial charge in [-0.3, -0.25) is 0 Å². The first-order valence-corrected chi connectivity index (χ1v) is 5.85. The summed E-state index contributed by atoms with van der Waals surface area (Å²) in [4.78, 5) is 0. The maximum Gasteiger partial charge on any atom is 0.124 e. The van der Waals surface area contributed by atoms with Crippen molar-refractivity contribution in [3.8, 4) is 5.75 Å². The molecule has 2 heteroatoms. The van der Waals surface area contributed by atoms with Crippen LogP contribution in [0.4, 0.5) is 0 Å². The number of rotatable bonds is 4. The fraction of sp³-hybridized carbons (Fsp3) is 0.125. The second-order valence-electron chi connectivity index (χ2n) is 3.93. The van der Waals surface area contributed by atoms with Crippen molar-refractivity contribution in [2.24, 2.45) is 0 Å². The predicted molar refractivity (Wildman–Crippen MR) is 74.3 cm³/mol. The van der Waals surface area contributed by atoms with E-state index in [4.69, 9.17) is 4.74 Å². The summed E-state index contributed by atoms with van der Waals surface area (Å²) >= 11 is 0. The second kappa shape index (κ2) is 6.03. The van der Waals surface area contributed by atoms with Gasteiger partial charge in [0.2, 0.25) is 0 Å². The van der Waals surface area contributed by atoms with Crippen molar-refractivity contribution in [2.75, 3.05) is 7.11 Å². The molecule has 2 rings (SSSR count). The van der Waals surface area contributed by atoms with Crippen LogP contribution < -0.4 is 4.74 Å². The van der Waals surface area contributed by atoms with Crippen LogP contribution in [0.1, 0.15) is 16.7 Å². The molecule has 0 heterocycles. The normalized spacial score (nSPS) is 10.8. The SMILES string of the molecule is COc1cccc(/C=C/c2ccccc2)c1CO. The molecule has 0 aromatic heterocycles. The Morgan fingerprint density at radius 3 is 2.44 bits per heavy atom. The highest BCUT2D eigenvalue weighted by molar-refractivity contribution is 5.72. The first-order chi connectivity index (χ1) is 8.85. The maximum absolute atomic E-state index is 9.41. The third-order valence-corrected chi connectivity index (χ3v) is 2.80. The maximum atomic E-state index is 9.41. The summed E-state index contributed by atoms with van der Waals surface area (Å²) in [6.45, 7) is -0.0293. The van der Waals surface area contributed by atoms with Crippen LogP contribution in [0.15, 0.2) is 48.5 Å². The minimum Gasteiger partial charge on any atom is -0.496 e. The Kier molecular flexibility index (Phi) is 4.15. The molecule has 0 aliphatic carbocycles. The zero-order valence-electron chi connectivity index (χ0n) is 10.3. The van der Waals surface area contributed by atoms with Gasteiger partial charge in [0.15, 0.2) is 0 Å². The smallest absolute Gasteiger partial charge is 0.124 e. The number of hydrogen-bond donors (Lipinski definition) is 1. The molecule has 0 radical (unpaired) electrons. The highest BCUT2D eigenvalue weighted by atomic mass is 16.5. The van der Waals surface area contributed by atoms with Crippen LogP contribution in [0.5, 0.6) is 5.75 Å². The summed E-state index contributed by atoms with van der Waals surface area (Å²) in [5.74, 6) is 0.715. The molecule has 1 N–H and O–H groups in total. The number of benzene rings is 2. The molecule has 2 aromatic carbocycles. The number of aliphatic hydroxyl groups excluding tert-OH is 1. The fourth-order valence-corrected chi connectivity index (χ4v) is 1.85. The molecular weight excluding hydrogens is 224 g/mol. The van der Waals surface area contributed by atoms with Crippen molar-refractivity contribution in [3.05, 3.63) is 65.2 Å². The summed E-state index contributed by atoms with van der Waals surface area (Å²) < 4.78 is 5.24. The van der Waals surface area contributed by atoms with Crippen molar-refractivity contribution in [2.45, 2.75) is 6.61 Å². The van der Waals surface area contributed by atoms with Crippen LogP contribution in [0.25, 0.3) is 12.2 Å². The average molecular weight is 240 g/mol. The Morgan fingerprint density at radius 1 is 1.00 bits per heavy atom. The van der Waals surface area contributed by atoms with Gasteiger partial charge in [0.1, 0.15) is 5.75 Å². The fourth-order valence-electron chi connectivity index (χ4n) is 1.85. The average Bonchev–Trinajstić information content (AvgIpc) is 2.45. The van der Waals surface area contributed by atoms with Crippen molar-refractivity contribution in [1.82, 2.24) is 0 Å². The van der Waals surface area contributed by atoms with Crippen molar-refractivity contribution >= 4 is 12.2 Å². The van der Waals surface area contributed by atoms with Gasteiger partial charge in [-0.15, -0.1) is 0 Å². The first-order valence-electron chi connectivity index (χ1n) is 5.85. The summed E-state index contributed by atoms with van der Waals surface area (Å²) in [5.41, 5.74) is 2.91. The molecule has 18 heavy (non-hydrogen) atoms. The highest BCUT2D eigenvalue weighted by Gasteiger charge is 2.04. The van der Waals surface area contributed by atoms with Gasteiger partial charge in [-0.2, -0.15) is 0 Å². The molecule has 0 atom stereocenters. The van der Waals surface area contributed by atoms with E-state index >= 15 is 0 Å². The molecular formula is C16H16O2. The lowest BCUT2D eigenvalue weighted by Crippen LogP contribution is -1.94. The Morgan fingerprint density at radius 2 is 1.78 bits per heavy atom. The van der Waals surface area contributed by atoms with Gasteiger partial charge >= 0.3 is 0 Å². The van der Waals surface area contributed by atoms with Gasteiger partial charge in [0, 0.05) is 5.56 Å². The minimum atomic E-state index is -0.0293. The molecule has 0 spiro atoms. The third-order valence-electron chi connectivity index (χ3n) is 2.80. The summed E-state index contributed by atoms with van der Waals surface area (Å²) in [7, 11) is 1.61. The highest BCUT2D eigenvalue weighted by Crippen LogP contribution is 2.23. The van der Waals surface area contributed by atoms with Crippen LogP contribution >= 0.6 is 0 Å². The summed E-state index contributed by atoms with van der Waals surface area (Å²) in [6, 6.07) is 15.8. The van der Waals surface area contributed by atoms with Gasteiger partial charge in [-0.25, -0.2) is 0 Å². The second-order valence-corrected chi connectivity index (χ2v) is 3.93. The van der Waals surface area contributed by atoms with E-state index in [1.165, 1.54) is 0 Å². The molecule has 0 aliphatic heterocycles. The van der Waals surface area contributed by atoms with E-state index in [-0.39, 0.29) is 6.61 Å². The number of methoxy groups -OCH3 is 1. The Bertz CT molecular complexity index is 530. The molecule has 2 nitrogen and oxygen atoms in total. The number of ether oxygens (including phenoxy) is 1. The van der Waals surface area contributed by atoms with Crippen molar-refractivity contribution in [3.63, 3.8) is 0 Å². The van der Waals surface area contributed by atoms with E-state index in [9.17, 15) is 5.11 Å². The van der Waals surface area contributed by atoms with E-state index in [1.807, 2.05) is 60.7 Å². The van der Waals surface area contributed by atoms with E-state index < -0.39 is 0 Å². The van der Waals surface area contributed by atoms with Crippen LogP contribution in [0.3, 0.4) is 0 Å². The van der Waals surface area contributed by atoms with E-state index in [2.05, 4.69) is 0 Å². The van der Waals surface area contributed by atoms with Gasteiger partial charge in [-0.05, 0) is 17.2 Å². The lowest BCUT2D eigenvalue weighted by molar-refractivity contribution is 0.273. The van der Waals surface area contributed by atoms with Crippen molar-refractivity contribution in [1.29, 1.82) is 0 Å². The molecule has 0 aliphatic rings. The molecule has 0 saturated carbocycles. The molecule has 0 bridgehead atoms. The van der Waals surface area contributed by atoms with Crippen LogP contribution in [-0.2, 0) is 6.61 Å². The van der Waals surface area contributed by atoms with Gasteiger partial charge in [0.05, 0.1) is 13.7 Å². The van der Waals surface area contributed by atoms with E-state index in [1.54, 1.807) is 7.11 Å². The first kappa shape index (κ1) is 12.4. The molecule has 0 saturated heterocycles. The van der Waals surface area contributed by atoms with Crippen LogP contribution in [0.2, 0.25) is 0 Å². The lowest BCUT2D eigenvalue weighted by atomic mass is 10.1. The number of aliphatic hydroxyl groups is 1. The van der Waals surface area contributed by atoms with E-state index in [0.717, 1.165) is 16.7 Å². The minimum absolute atomic E-state index is 0.0293. The van der Waals surface area contributed by atoms with Crippen LogP contribution in [-0.4, -0.2) is 12.2 Å². The quantitative estimate of drug-likeness (QED) is 0.830. The van der Waals surface area contributed by atoms with E-state index in [0.29, 0.717) is 5.75 Å².